The number of hydrogen-bond acceptors (Lipinski definition) is 5. The van der Waals surface area contributed by atoms with Crippen molar-refractivity contribution in [1.82, 2.24) is 15.1 Å². The number of piperidine rings is 1. The molecule has 1 N–H and O–H groups in total. The normalized spacial score (nSPS) is 18.3. The SMILES string of the molecule is CCOc1ccc(C(=O)N2CCC3(CCN(C(=O)NC(CC(C)C)C(=O)OC)C3)CC2)cc1. The van der Waals surface area contributed by atoms with E-state index in [0.717, 1.165) is 25.0 Å². The molecule has 2 heterocycles. The van der Waals surface area contributed by atoms with Gasteiger partial charge in [-0.1, -0.05) is 13.8 Å². The lowest BCUT2D eigenvalue weighted by Crippen LogP contribution is -2.49. The van der Waals surface area contributed by atoms with Crippen LogP contribution in [0.4, 0.5) is 4.79 Å². The van der Waals surface area contributed by atoms with Gasteiger partial charge in [0.2, 0.25) is 0 Å². The van der Waals surface area contributed by atoms with Crippen LogP contribution in [0.3, 0.4) is 0 Å². The summed E-state index contributed by atoms with van der Waals surface area (Å²) in [6.07, 6.45) is 3.19. The average Bonchev–Trinajstić information content (AvgIpc) is 3.22. The summed E-state index contributed by atoms with van der Waals surface area (Å²) in [6, 6.07) is 6.44. The number of amides is 3. The number of nitrogens with zero attached hydrogens (tertiary/aromatic N) is 2. The van der Waals surface area contributed by atoms with E-state index in [2.05, 4.69) is 5.32 Å². The Bertz CT molecular complexity index is 831. The van der Waals surface area contributed by atoms with Crippen LogP contribution in [0.15, 0.2) is 24.3 Å². The number of ether oxygens (including phenoxy) is 2. The highest BCUT2D eigenvalue weighted by Crippen LogP contribution is 2.40. The lowest BCUT2D eigenvalue weighted by Gasteiger charge is -2.39. The van der Waals surface area contributed by atoms with E-state index >= 15 is 0 Å². The molecule has 0 aliphatic carbocycles. The van der Waals surface area contributed by atoms with Crippen molar-refractivity contribution >= 4 is 17.9 Å². The molecule has 2 aliphatic heterocycles. The molecule has 1 aromatic carbocycles. The van der Waals surface area contributed by atoms with Crippen molar-refractivity contribution in [3.05, 3.63) is 29.8 Å². The van der Waals surface area contributed by atoms with Gasteiger partial charge in [0.05, 0.1) is 13.7 Å². The highest BCUT2D eigenvalue weighted by atomic mass is 16.5. The standard InChI is InChI=1S/C25H37N3O5/c1-5-33-20-8-6-19(7-9-20)22(29)27-13-10-25(11-14-27)12-15-28(17-25)24(31)26-21(16-18(2)3)23(30)32-4/h6-9,18,21H,5,10-17H2,1-4H3,(H,26,31). The number of esters is 1. The van der Waals surface area contributed by atoms with Gasteiger partial charge in [0.15, 0.2) is 0 Å². The van der Waals surface area contributed by atoms with E-state index in [-0.39, 0.29) is 23.3 Å². The van der Waals surface area contributed by atoms with Crippen molar-refractivity contribution in [3.63, 3.8) is 0 Å². The highest BCUT2D eigenvalue weighted by Gasteiger charge is 2.43. The third-order valence-corrected chi connectivity index (χ3v) is 6.74. The van der Waals surface area contributed by atoms with E-state index in [1.165, 1.54) is 7.11 Å². The second kappa shape index (κ2) is 10.9. The Balaban J connectivity index is 1.53. The minimum atomic E-state index is -0.632. The van der Waals surface area contributed by atoms with Crippen molar-refractivity contribution in [2.75, 3.05) is 39.9 Å². The molecule has 182 valence electrons. The van der Waals surface area contributed by atoms with Crippen LogP contribution >= 0.6 is 0 Å². The van der Waals surface area contributed by atoms with E-state index in [1.54, 1.807) is 4.90 Å². The summed E-state index contributed by atoms with van der Waals surface area (Å²) in [5.74, 6) is 0.650. The zero-order valence-corrected chi connectivity index (χ0v) is 20.3. The fourth-order valence-electron chi connectivity index (χ4n) is 4.81. The van der Waals surface area contributed by atoms with Crippen LogP contribution < -0.4 is 10.1 Å². The van der Waals surface area contributed by atoms with E-state index in [9.17, 15) is 14.4 Å². The van der Waals surface area contributed by atoms with Gasteiger partial charge in [-0.2, -0.15) is 0 Å². The summed E-state index contributed by atoms with van der Waals surface area (Å²) in [7, 11) is 1.34. The maximum absolute atomic E-state index is 12.9. The first-order valence-electron chi connectivity index (χ1n) is 11.9. The fourth-order valence-corrected chi connectivity index (χ4v) is 4.81. The Hall–Kier alpha value is -2.77. The number of urea groups is 1. The van der Waals surface area contributed by atoms with Crippen molar-refractivity contribution in [2.24, 2.45) is 11.3 Å². The van der Waals surface area contributed by atoms with E-state index in [0.29, 0.717) is 44.8 Å². The molecule has 1 unspecified atom stereocenters. The molecule has 3 amide bonds. The highest BCUT2D eigenvalue weighted by molar-refractivity contribution is 5.94. The molecular weight excluding hydrogens is 422 g/mol. The van der Waals surface area contributed by atoms with E-state index < -0.39 is 12.0 Å². The molecule has 2 saturated heterocycles. The van der Waals surface area contributed by atoms with Crippen molar-refractivity contribution < 1.29 is 23.9 Å². The molecule has 8 nitrogen and oxygen atoms in total. The number of rotatable bonds is 7. The number of hydrogen-bond donors (Lipinski definition) is 1. The summed E-state index contributed by atoms with van der Waals surface area (Å²) in [5, 5.41) is 2.86. The first-order valence-corrected chi connectivity index (χ1v) is 11.9. The third kappa shape index (κ3) is 6.18. The van der Waals surface area contributed by atoms with Gasteiger partial charge < -0.3 is 24.6 Å². The fraction of sp³-hybridized carbons (Fsp3) is 0.640. The van der Waals surface area contributed by atoms with Gasteiger partial charge in [0, 0.05) is 31.7 Å². The maximum atomic E-state index is 12.9. The van der Waals surface area contributed by atoms with Crippen LogP contribution in [-0.2, 0) is 9.53 Å². The lowest BCUT2D eigenvalue weighted by molar-refractivity contribution is -0.143. The summed E-state index contributed by atoms with van der Waals surface area (Å²) in [4.78, 5) is 41.5. The van der Waals surface area contributed by atoms with E-state index in [1.807, 2.05) is 49.9 Å². The topological polar surface area (TPSA) is 88.2 Å². The van der Waals surface area contributed by atoms with Crippen LogP contribution in [0.1, 0.15) is 56.8 Å². The summed E-state index contributed by atoms with van der Waals surface area (Å²) < 4.78 is 10.3. The minimum absolute atomic E-state index is 0.0335. The number of carbonyl (C=O) groups excluding carboxylic acids is 3. The van der Waals surface area contributed by atoms with Gasteiger partial charge in [-0.05, 0) is 68.2 Å². The summed E-state index contributed by atoms with van der Waals surface area (Å²) >= 11 is 0. The van der Waals surface area contributed by atoms with Gasteiger partial charge in [-0.25, -0.2) is 9.59 Å². The van der Waals surface area contributed by atoms with Crippen molar-refractivity contribution in [1.29, 1.82) is 0 Å². The molecule has 1 aromatic rings. The summed E-state index contributed by atoms with van der Waals surface area (Å²) in [6.45, 7) is 9.22. The first kappa shape index (κ1) is 24.9. The lowest BCUT2D eigenvalue weighted by atomic mass is 9.77. The predicted molar refractivity (Wildman–Crippen MR) is 125 cm³/mol. The van der Waals surface area contributed by atoms with Gasteiger partial charge in [-0.15, -0.1) is 0 Å². The molecule has 33 heavy (non-hydrogen) atoms. The quantitative estimate of drug-likeness (QED) is 0.632. The Morgan fingerprint density at radius 3 is 2.18 bits per heavy atom. The molecule has 0 bridgehead atoms. The number of methoxy groups -OCH3 is 1. The number of benzene rings is 1. The molecule has 0 radical (unpaired) electrons. The molecule has 3 rings (SSSR count). The predicted octanol–water partition coefficient (Wildman–Crippen LogP) is 3.31. The van der Waals surface area contributed by atoms with Gasteiger partial charge >= 0.3 is 12.0 Å². The Labute approximate surface area is 196 Å². The van der Waals surface area contributed by atoms with Crippen LogP contribution in [0.25, 0.3) is 0 Å². The van der Waals surface area contributed by atoms with Crippen LogP contribution in [-0.4, -0.2) is 73.6 Å². The molecule has 0 aromatic heterocycles. The van der Waals surface area contributed by atoms with Crippen molar-refractivity contribution in [3.8, 4) is 5.75 Å². The Kier molecular flexibility index (Phi) is 8.21. The van der Waals surface area contributed by atoms with Crippen LogP contribution in [0.2, 0.25) is 0 Å². The second-order valence-corrected chi connectivity index (χ2v) is 9.58. The van der Waals surface area contributed by atoms with E-state index in [4.69, 9.17) is 9.47 Å². The minimum Gasteiger partial charge on any atom is -0.494 e. The zero-order valence-electron chi connectivity index (χ0n) is 20.3. The first-order chi connectivity index (χ1) is 15.8. The number of nitrogens with one attached hydrogen (secondary N) is 1. The summed E-state index contributed by atoms with van der Waals surface area (Å²) in [5.41, 5.74) is 0.701. The largest absolute Gasteiger partial charge is 0.494 e. The molecule has 2 fully saturated rings. The smallest absolute Gasteiger partial charge is 0.328 e. The third-order valence-electron chi connectivity index (χ3n) is 6.74. The van der Waals surface area contributed by atoms with Gasteiger partial charge in [-0.3, -0.25) is 4.79 Å². The zero-order chi connectivity index (χ0) is 24.0. The van der Waals surface area contributed by atoms with Crippen LogP contribution in [0, 0.1) is 11.3 Å². The second-order valence-electron chi connectivity index (χ2n) is 9.58. The molecule has 1 atom stereocenters. The molecule has 0 saturated carbocycles. The molecule has 2 aliphatic rings. The van der Waals surface area contributed by atoms with Crippen LogP contribution in [0.5, 0.6) is 5.75 Å². The molecule has 8 heteroatoms. The number of likely N-dealkylation sites (tertiary alicyclic amines) is 2. The average molecular weight is 460 g/mol. The van der Waals surface area contributed by atoms with Crippen molar-refractivity contribution in [2.45, 2.75) is 52.5 Å². The Morgan fingerprint density at radius 1 is 1.03 bits per heavy atom. The Morgan fingerprint density at radius 2 is 1.64 bits per heavy atom. The van der Waals surface area contributed by atoms with Gasteiger partial charge in [0.1, 0.15) is 11.8 Å². The monoisotopic (exact) mass is 459 g/mol. The van der Waals surface area contributed by atoms with Gasteiger partial charge in [0.25, 0.3) is 5.91 Å². The molecular formula is C25H37N3O5. The maximum Gasteiger partial charge on any atom is 0.328 e. The molecule has 1 spiro atoms. The number of carbonyl (C=O) groups is 3.